The van der Waals surface area contributed by atoms with Crippen LogP contribution in [-0.2, 0) is 24.7 Å². The first-order valence-electron chi connectivity index (χ1n) is 4.47. The molecule has 0 atom stereocenters. The van der Waals surface area contributed by atoms with Crippen molar-refractivity contribution in [2.75, 3.05) is 0 Å². The van der Waals surface area contributed by atoms with Gasteiger partial charge in [0.15, 0.2) is 0 Å². The predicted octanol–water partition coefficient (Wildman–Crippen LogP) is -4.67. The van der Waals surface area contributed by atoms with Crippen molar-refractivity contribution >= 4 is 59.3 Å². The van der Waals surface area contributed by atoms with E-state index < -0.39 is 59.3 Å². The lowest BCUT2D eigenvalue weighted by Gasteiger charge is -2.17. The Morgan fingerprint density at radius 3 is 1.64 bits per heavy atom. The molecule has 0 aromatic heterocycles. The van der Waals surface area contributed by atoms with Crippen LogP contribution in [0, 0.1) is 0 Å². The number of hydrogen-bond donors (Lipinski definition) is 0. The highest BCUT2D eigenvalue weighted by Gasteiger charge is 2.11. The molecule has 0 spiro atoms. The zero-order valence-corrected chi connectivity index (χ0v) is 16.5. The monoisotopic (exact) mass is 304 g/mol. The SMILES string of the molecule is CC[SiH]1O[SiH2]O[SiH2]O[SiH2]O[SiH2]O[SiH2]O1. The van der Waals surface area contributed by atoms with E-state index in [1.807, 2.05) is 0 Å². The fourth-order valence-electron chi connectivity index (χ4n) is 0.845. The van der Waals surface area contributed by atoms with Gasteiger partial charge in [0.05, 0.1) is 0 Å². The maximum absolute atomic E-state index is 5.60. The van der Waals surface area contributed by atoms with Crippen LogP contribution >= 0.6 is 0 Å². The van der Waals surface area contributed by atoms with Crippen molar-refractivity contribution in [1.29, 1.82) is 0 Å². The largest absolute Gasteiger partial charge is 0.425 e. The van der Waals surface area contributed by atoms with Gasteiger partial charge in [-0.05, 0) is 6.04 Å². The van der Waals surface area contributed by atoms with Crippen LogP contribution in [0.1, 0.15) is 6.92 Å². The van der Waals surface area contributed by atoms with Crippen molar-refractivity contribution in [1.82, 2.24) is 0 Å². The first-order chi connectivity index (χ1) is 6.93. The second-order valence-electron chi connectivity index (χ2n) is 2.58. The standard InChI is InChI=1S/C2H16O6Si6/c1-2-14-7-12-5-10-3-9-4-11-6-13-8-14/h14H,2,9-13H2,1H3. The Morgan fingerprint density at radius 1 is 0.786 bits per heavy atom. The number of hydrogen-bond acceptors (Lipinski definition) is 6. The van der Waals surface area contributed by atoms with Gasteiger partial charge in [0.25, 0.3) is 50.0 Å². The lowest BCUT2D eigenvalue weighted by atomic mass is 11.0. The molecule has 84 valence electrons. The molecule has 1 aliphatic heterocycles. The average Bonchev–Trinajstić information content (AvgIpc) is 2.19. The molecule has 0 radical (unpaired) electrons. The summed E-state index contributed by atoms with van der Waals surface area (Å²) in [6.07, 6.45) is 0. The normalized spacial score (nSPS) is 36.2. The highest BCUT2D eigenvalue weighted by molar-refractivity contribution is 6.59. The van der Waals surface area contributed by atoms with Gasteiger partial charge in [-0.1, -0.05) is 6.92 Å². The molecule has 1 heterocycles. The van der Waals surface area contributed by atoms with Crippen molar-refractivity contribution in [3.8, 4) is 0 Å². The van der Waals surface area contributed by atoms with E-state index in [-0.39, 0.29) is 0 Å². The average molecular weight is 305 g/mol. The fraction of sp³-hybridized carbons (Fsp3) is 1.00. The Hall–Kier alpha value is 1.06. The summed E-state index contributed by atoms with van der Waals surface area (Å²) in [4.78, 5) is 0. The summed E-state index contributed by atoms with van der Waals surface area (Å²) in [6, 6.07) is 0.978. The predicted molar refractivity (Wildman–Crippen MR) is 66.9 cm³/mol. The summed E-state index contributed by atoms with van der Waals surface area (Å²) in [5, 5.41) is 0. The molecule has 12 heteroatoms. The lowest BCUT2D eigenvalue weighted by Crippen LogP contribution is -2.30. The molecule has 0 aromatic rings. The van der Waals surface area contributed by atoms with Gasteiger partial charge in [-0.15, -0.1) is 0 Å². The Balaban J connectivity index is 2.17. The first kappa shape index (κ1) is 13.1. The van der Waals surface area contributed by atoms with E-state index in [1.54, 1.807) is 0 Å². The third-order valence-electron chi connectivity index (χ3n) is 1.51. The molecule has 0 saturated carbocycles. The molecule has 0 unspecified atom stereocenters. The molecular weight excluding hydrogens is 289 g/mol. The summed E-state index contributed by atoms with van der Waals surface area (Å²) in [5.41, 5.74) is 0. The molecule has 0 N–H and O–H groups in total. The summed E-state index contributed by atoms with van der Waals surface area (Å²) >= 11 is 0. The molecule has 1 saturated heterocycles. The van der Waals surface area contributed by atoms with E-state index in [0.29, 0.717) is 0 Å². The molecule has 1 aliphatic rings. The summed E-state index contributed by atoms with van der Waals surface area (Å²) in [7, 11) is -5.61. The lowest BCUT2D eigenvalue weighted by molar-refractivity contribution is 0.335. The smallest absolute Gasteiger partial charge is 0.302 e. The van der Waals surface area contributed by atoms with Crippen LogP contribution < -0.4 is 0 Å². The van der Waals surface area contributed by atoms with Crippen LogP contribution in [0.5, 0.6) is 0 Å². The van der Waals surface area contributed by atoms with Gasteiger partial charge in [-0.3, -0.25) is 0 Å². The van der Waals surface area contributed by atoms with Gasteiger partial charge in [0, 0.05) is 0 Å². The molecule has 1 rings (SSSR count). The van der Waals surface area contributed by atoms with Gasteiger partial charge in [0.1, 0.15) is 0 Å². The second kappa shape index (κ2) is 9.30. The van der Waals surface area contributed by atoms with Gasteiger partial charge in [-0.25, -0.2) is 0 Å². The van der Waals surface area contributed by atoms with Crippen molar-refractivity contribution in [3.63, 3.8) is 0 Å². The zero-order chi connectivity index (χ0) is 10.1. The summed E-state index contributed by atoms with van der Waals surface area (Å²) in [6.45, 7) is 2.08. The zero-order valence-electron chi connectivity index (χ0n) is 8.27. The topological polar surface area (TPSA) is 55.4 Å². The fourth-order valence-corrected chi connectivity index (χ4v) is 13.4. The molecule has 6 nitrogen and oxygen atoms in total. The van der Waals surface area contributed by atoms with E-state index >= 15 is 0 Å². The quantitative estimate of drug-likeness (QED) is 0.454. The Bertz CT molecular complexity index is 125. The van der Waals surface area contributed by atoms with Crippen molar-refractivity contribution in [2.24, 2.45) is 0 Å². The van der Waals surface area contributed by atoms with E-state index in [4.69, 9.17) is 24.7 Å². The maximum atomic E-state index is 5.60. The van der Waals surface area contributed by atoms with Crippen molar-refractivity contribution in [2.45, 2.75) is 13.0 Å². The minimum atomic E-state index is -1.44. The van der Waals surface area contributed by atoms with Crippen LogP contribution in [0.25, 0.3) is 0 Å². The van der Waals surface area contributed by atoms with E-state index in [1.165, 1.54) is 0 Å². The van der Waals surface area contributed by atoms with Crippen molar-refractivity contribution < 1.29 is 24.7 Å². The Morgan fingerprint density at radius 2 is 1.21 bits per heavy atom. The molecule has 1 fully saturated rings. The Labute approximate surface area is 97.1 Å². The summed E-state index contributed by atoms with van der Waals surface area (Å²) < 4.78 is 32.6. The van der Waals surface area contributed by atoms with Crippen LogP contribution in [0.2, 0.25) is 6.04 Å². The molecule has 0 bridgehead atoms. The second-order valence-corrected chi connectivity index (χ2v) is 14.6. The third kappa shape index (κ3) is 6.53. The molecular formula is C2H16O6Si6. The highest BCUT2D eigenvalue weighted by atomic mass is 28.4. The van der Waals surface area contributed by atoms with Gasteiger partial charge in [-0.2, -0.15) is 0 Å². The third-order valence-corrected chi connectivity index (χ3v) is 11.6. The van der Waals surface area contributed by atoms with Crippen LogP contribution in [0.4, 0.5) is 0 Å². The van der Waals surface area contributed by atoms with E-state index in [0.717, 1.165) is 6.04 Å². The molecule has 0 amide bonds. The van der Waals surface area contributed by atoms with Gasteiger partial charge >= 0.3 is 9.28 Å². The molecule has 14 heavy (non-hydrogen) atoms. The molecule has 0 aromatic carbocycles. The number of rotatable bonds is 1. The maximum Gasteiger partial charge on any atom is 0.302 e. The first-order valence-corrected chi connectivity index (χ1v) is 12.0. The van der Waals surface area contributed by atoms with E-state index in [2.05, 4.69) is 6.92 Å². The Kier molecular flexibility index (Phi) is 8.72. The van der Waals surface area contributed by atoms with Crippen LogP contribution in [0.3, 0.4) is 0 Å². The van der Waals surface area contributed by atoms with Gasteiger partial charge < -0.3 is 24.7 Å². The van der Waals surface area contributed by atoms with Crippen molar-refractivity contribution in [3.05, 3.63) is 0 Å². The minimum Gasteiger partial charge on any atom is -0.425 e. The van der Waals surface area contributed by atoms with Crippen LogP contribution in [-0.4, -0.2) is 59.3 Å². The van der Waals surface area contributed by atoms with Gasteiger partial charge in [0.2, 0.25) is 0 Å². The summed E-state index contributed by atoms with van der Waals surface area (Å²) in [5.74, 6) is 0. The van der Waals surface area contributed by atoms with E-state index in [9.17, 15) is 0 Å². The van der Waals surface area contributed by atoms with Crippen LogP contribution in [0.15, 0.2) is 0 Å². The highest BCUT2D eigenvalue weighted by Crippen LogP contribution is 1.95. The molecule has 0 aliphatic carbocycles. The minimum absolute atomic E-state index is 0.813.